The average molecular weight is 600 g/mol. The van der Waals surface area contributed by atoms with Crippen LogP contribution in [0.15, 0.2) is 71.8 Å². The van der Waals surface area contributed by atoms with Crippen LogP contribution >= 0.6 is 0 Å². The number of aromatic nitrogens is 3. The largest absolute Gasteiger partial charge is 0.395 e. The van der Waals surface area contributed by atoms with Crippen LogP contribution < -0.4 is 21.1 Å². The monoisotopic (exact) mass is 599 g/mol. The summed E-state index contributed by atoms with van der Waals surface area (Å²) in [5.74, 6) is -1.04. The first-order valence-corrected chi connectivity index (χ1v) is 14.9. The molecule has 1 fully saturated rings. The number of nitrogens with one attached hydrogen (secondary N) is 2. The summed E-state index contributed by atoms with van der Waals surface area (Å²) in [5, 5.41) is 15.0. The SMILES string of the molecule is CCCCc1ncccc1C(=O)Nc1cccc(-c2cn(C)c(=O)c(Nc3ccc(N4CCN(CCO)CC4)cc3)n2)c1F. The first-order valence-electron chi connectivity index (χ1n) is 14.9. The summed E-state index contributed by atoms with van der Waals surface area (Å²) in [7, 11) is 1.59. The zero-order valence-electron chi connectivity index (χ0n) is 25.1. The number of carbonyl (C=O) groups excluding carboxylic acids is 1. The Labute approximate surface area is 256 Å². The number of unbranched alkanes of at least 4 members (excludes halogenated alkanes) is 1. The Balaban J connectivity index is 1.34. The molecule has 11 heteroatoms. The van der Waals surface area contributed by atoms with Crippen LogP contribution in [0, 0.1) is 5.82 Å². The van der Waals surface area contributed by atoms with E-state index in [0.29, 0.717) is 29.9 Å². The molecule has 1 amide bonds. The lowest BCUT2D eigenvalue weighted by Crippen LogP contribution is -2.47. The molecule has 0 spiro atoms. The number of anilines is 4. The number of amides is 1. The van der Waals surface area contributed by atoms with Gasteiger partial charge in [-0.3, -0.25) is 19.5 Å². The average Bonchev–Trinajstić information content (AvgIpc) is 3.04. The highest BCUT2D eigenvalue weighted by atomic mass is 19.1. The number of pyridine rings is 1. The molecule has 0 aliphatic carbocycles. The summed E-state index contributed by atoms with van der Waals surface area (Å²) < 4.78 is 17.2. The lowest BCUT2D eigenvalue weighted by Gasteiger charge is -2.35. The van der Waals surface area contributed by atoms with E-state index in [1.54, 1.807) is 37.5 Å². The van der Waals surface area contributed by atoms with Crippen molar-refractivity contribution < 1.29 is 14.3 Å². The molecule has 3 N–H and O–H groups in total. The maximum atomic E-state index is 15.8. The lowest BCUT2D eigenvalue weighted by molar-refractivity contribution is 0.102. The Morgan fingerprint density at radius 1 is 1.05 bits per heavy atom. The summed E-state index contributed by atoms with van der Waals surface area (Å²) in [4.78, 5) is 39.4. The molecular weight excluding hydrogens is 561 g/mol. The summed E-state index contributed by atoms with van der Waals surface area (Å²) in [6.07, 6.45) is 5.64. The van der Waals surface area contributed by atoms with Crippen LogP contribution in [0.2, 0.25) is 0 Å². The Morgan fingerprint density at radius 2 is 1.82 bits per heavy atom. The highest BCUT2D eigenvalue weighted by Gasteiger charge is 2.19. The molecule has 0 unspecified atom stereocenters. The van der Waals surface area contributed by atoms with Crippen molar-refractivity contribution in [2.24, 2.45) is 7.05 Å². The number of benzene rings is 2. The highest BCUT2D eigenvalue weighted by Crippen LogP contribution is 2.28. The number of hydrogen-bond acceptors (Lipinski definition) is 8. The third kappa shape index (κ3) is 7.12. The first kappa shape index (κ1) is 30.8. The smallest absolute Gasteiger partial charge is 0.293 e. The standard InChI is InChI=1S/C33H38FN7O3/c1-3-4-9-27-26(8-6-15-35-27)32(43)38-28-10-5-7-25(30(28)34)29-22-39(2)33(44)31(37-29)36-23-11-13-24(14-12-23)41-18-16-40(17-19-41)20-21-42/h5-8,10-15,22,42H,3-4,9,16-21H2,1-2H3,(H,36,37)(H,38,43). The number of halogens is 1. The third-order valence-corrected chi connectivity index (χ3v) is 7.78. The number of rotatable bonds is 11. The Kier molecular flexibility index (Phi) is 9.98. The van der Waals surface area contributed by atoms with Crippen molar-refractivity contribution >= 4 is 28.8 Å². The predicted octanol–water partition coefficient (Wildman–Crippen LogP) is 4.43. The summed E-state index contributed by atoms with van der Waals surface area (Å²) in [6, 6.07) is 15.8. The minimum absolute atomic E-state index is 0.00994. The van der Waals surface area contributed by atoms with Gasteiger partial charge in [-0.25, -0.2) is 9.37 Å². The van der Waals surface area contributed by atoms with Crippen LogP contribution in [0.1, 0.15) is 35.8 Å². The van der Waals surface area contributed by atoms with E-state index in [0.717, 1.165) is 44.7 Å². The summed E-state index contributed by atoms with van der Waals surface area (Å²) in [5.41, 5.74) is 2.86. The number of nitrogens with zero attached hydrogens (tertiary/aromatic N) is 5. The fourth-order valence-electron chi connectivity index (χ4n) is 5.28. The second-order valence-corrected chi connectivity index (χ2v) is 10.8. The minimum Gasteiger partial charge on any atom is -0.395 e. The number of hydrogen-bond donors (Lipinski definition) is 3. The van der Waals surface area contributed by atoms with E-state index < -0.39 is 11.7 Å². The molecule has 0 saturated carbocycles. The van der Waals surface area contributed by atoms with E-state index in [2.05, 4.69) is 37.3 Å². The predicted molar refractivity (Wildman–Crippen MR) is 171 cm³/mol. The molecule has 0 bridgehead atoms. The van der Waals surface area contributed by atoms with Gasteiger partial charge in [0.05, 0.1) is 29.2 Å². The van der Waals surface area contributed by atoms with Crippen LogP contribution in [0.5, 0.6) is 0 Å². The zero-order valence-corrected chi connectivity index (χ0v) is 25.1. The zero-order chi connectivity index (χ0) is 31.1. The number of piperazine rings is 1. The van der Waals surface area contributed by atoms with Gasteiger partial charge < -0.3 is 25.2 Å². The maximum absolute atomic E-state index is 15.8. The second kappa shape index (κ2) is 14.2. The molecule has 1 aliphatic heterocycles. The van der Waals surface area contributed by atoms with Crippen molar-refractivity contribution in [1.29, 1.82) is 0 Å². The molecule has 44 heavy (non-hydrogen) atoms. The molecule has 1 aliphatic rings. The van der Waals surface area contributed by atoms with Gasteiger partial charge in [-0.2, -0.15) is 0 Å². The summed E-state index contributed by atoms with van der Waals surface area (Å²) in [6.45, 7) is 6.42. The van der Waals surface area contributed by atoms with Crippen LogP contribution in [0.25, 0.3) is 11.3 Å². The highest BCUT2D eigenvalue weighted by molar-refractivity contribution is 6.05. The van der Waals surface area contributed by atoms with E-state index in [1.807, 2.05) is 24.3 Å². The van der Waals surface area contributed by atoms with E-state index >= 15 is 4.39 Å². The fourth-order valence-corrected chi connectivity index (χ4v) is 5.28. The first-order chi connectivity index (χ1) is 21.4. The molecule has 0 atom stereocenters. The van der Waals surface area contributed by atoms with Crippen molar-refractivity contribution in [2.45, 2.75) is 26.2 Å². The van der Waals surface area contributed by atoms with Crippen LogP contribution in [0.4, 0.5) is 27.3 Å². The molecule has 0 radical (unpaired) electrons. The third-order valence-electron chi connectivity index (χ3n) is 7.78. The molecule has 3 heterocycles. The van der Waals surface area contributed by atoms with Gasteiger partial charge in [-0.1, -0.05) is 19.4 Å². The van der Waals surface area contributed by atoms with E-state index in [9.17, 15) is 14.7 Å². The molecular formula is C33H38FN7O3. The van der Waals surface area contributed by atoms with Crippen molar-refractivity contribution in [3.8, 4) is 11.3 Å². The lowest BCUT2D eigenvalue weighted by atomic mass is 10.1. The van der Waals surface area contributed by atoms with Crippen LogP contribution in [0.3, 0.4) is 0 Å². The van der Waals surface area contributed by atoms with Gasteiger partial charge in [0, 0.05) is 69.1 Å². The number of carbonyl (C=O) groups is 1. The van der Waals surface area contributed by atoms with Gasteiger partial charge in [0.1, 0.15) is 0 Å². The van der Waals surface area contributed by atoms with Crippen molar-refractivity contribution in [1.82, 2.24) is 19.4 Å². The van der Waals surface area contributed by atoms with E-state index in [-0.39, 0.29) is 34.9 Å². The summed E-state index contributed by atoms with van der Waals surface area (Å²) >= 11 is 0. The molecule has 2 aromatic heterocycles. The van der Waals surface area contributed by atoms with Gasteiger partial charge in [0.2, 0.25) is 0 Å². The minimum atomic E-state index is -0.652. The van der Waals surface area contributed by atoms with Crippen LogP contribution in [-0.4, -0.2) is 69.8 Å². The second-order valence-electron chi connectivity index (χ2n) is 10.8. The van der Waals surface area contributed by atoms with Gasteiger partial charge in [0.25, 0.3) is 11.5 Å². The normalized spacial score (nSPS) is 13.6. The van der Waals surface area contributed by atoms with Gasteiger partial charge in [-0.05, 0) is 61.4 Å². The number of aryl methyl sites for hydroxylation is 2. The van der Waals surface area contributed by atoms with E-state index in [1.165, 1.54) is 16.8 Å². The quantitative estimate of drug-likeness (QED) is 0.232. The fraction of sp³-hybridized carbons (Fsp3) is 0.333. The Hall–Kier alpha value is -4.61. The van der Waals surface area contributed by atoms with E-state index in [4.69, 9.17) is 0 Å². The van der Waals surface area contributed by atoms with Crippen molar-refractivity contribution in [2.75, 3.05) is 54.9 Å². The molecule has 1 saturated heterocycles. The maximum Gasteiger partial charge on any atom is 0.293 e. The van der Waals surface area contributed by atoms with Crippen LogP contribution in [-0.2, 0) is 13.5 Å². The molecule has 230 valence electrons. The number of β-amino-alcohol motifs (C(OH)–C–C–N with tert-alkyl or cyclic N) is 1. The van der Waals surface area contributed by atoms with Gasteiger partial charge >= 0.3 is 0 Å². The number of aliphatic hydroxyl groups excluding tert-OH is 1. The van der Waals surface area contributed by atoms with Crippen molar-refractivity contribution in [3.63, 3.8) is 0 Å². The molecule has 10 nitrogen and oxygen atoms in total. The Bertz CT molecular complexity index is 1650. The number of aliphatic hydroxyl groups is 1. The molecule has 4 aromatic rings. The van der Waals surface area contributed by atoms with Gasteiger partial charge in [-0.15, -0.1) is 0 Å². The van der Waals surface area contributed by atoms with Crippen molar-refractivity contribution in [3.05, 3.63) is 94.4 Å². The molecule has 2 aromatic carbocycles. The molecule has 5 rings (SSSR count). The van der Waals surface area contributed by atoms with Gasteiger partial charge in [0.15, 0.2) is 11.6 Å². The Morgan fingerprint density at radius 3 is 2.55 bits per heavy atom. The topological polar surface area (TPSA) is 116 Å².